The summed E-state index contributed by atoms with van der Waals surface area (Å²) >= 11 is 1.24. The van der Waals surface area contributed by atoms with Gasteiger partial charge < -0.3 is 15.8 Å². The van der Waals surface area contributed by atoms with Crippen LogP contribution in [0.3, 0.4) is 0 Å². The summed E-state index contributed by atoms with van der Waals surface area (Å²) in [6.07, 6.45) is 0. The summed E-state index contributed by atoms with van der Waals surface area (Å²) in [4.78, 5) is 23.5. The van der Waals surface area contributed by atoms with Gasteiger partial charge in [-0.15, -0.1) is 11.3 Å². The van der Waals surface area contributed by atoms with Crippen LogP contribution in [0.2, 0.25) is 0 Å². The molecule has 4 N–H and O–H groups in total. The van der Waals surface area contributed by atoms with Gasteiger partial charge in [0, 0.05) is 6.07 Å². The maximum atomic E-state index is 11.9. The Morgan fingerprint density at radius 3 is 3.00 bits per heavy atom. The zero-order chi connectivity index (χ0) is 13.8. The smallest absolute Gasteiger partial charge is 0.341 e. The minimum atomic E-state index is -0.469. The van der Waals surface area contributed by atoms with Crippen LogP contribution in [0.4, 0.5) is 10.8 Å². The molecule has 0 aliphatic heterocycles. The SMILES string of the molecule is CCOC(=O)c1ccsc1NC(=O)c1cc(N)n[nH]1. The van der Waals surface area contributed by atoms with Crippen molar-refractivity contribution in [3.8, 4) is 0 Å². The molecule has 1 amide bonds. The number of aromatic nitrogens is 2. The van der Waals surface area contributed by atoms with Crippen LogP contribution in [0, 0.1) is 0 Å². The first-order valence-corrected chi connectivity index (χ1v) is 6.36. The van der Waals surface area contributed by atoms with Gasteiger partial charge in [0.1, 0.15) is 16.5 Å². The fourth-order valence-corrected chi connectivity index (χ4v) is 2.17. The van der Waals surface area contributed by atoms with Gasteiger partial charge in [0.25, 0.3) is 5.91 Å². The third-order valence-corrected chi connectivity index (χ3v) is 3.06. The number of H-pyrrole nitrogens is 1. The van der Waals surface area contributed by atoms with Gasteiger partial charge in [-0.25, -0.2) is 4.79 Å². The van der Waals surface area contributed by atoms with Gasteiger partial charge in [-0.3, -0.25) is 9.89 Å². The topological polar surface area (TPSA) is 110 Å². The number of amides is 1. The molecule has 19 heavy (non-hydrogen) atoms. The Morgan fingerprint density at radius 2 is 2.37 bits per heavy atom. The Morgan fingerprint density at radius 1 is 1.58 bits per heavy atom. The van der Waals surface area contributed by atoms with Crippen molar-refractivity contribution in [3.05, 3.63) is 28.8 Å². The van der Waals surface area contributed by atoms with Crippen LogP contribution in [0.15, 0.2) is 17.5 Å². The molecule has 0 aliphatic carbocycles. The highest BCUT2D eigenvalue weighted by Gasteiger charge is 2.17. The van der Waals surface area contributed by atoms with E-state index in [9.17, 15) is 9.59 Å². The van der Waals surface area contributed by atoms with E-state index in [1.165, 1.54) is 17.4 Å². The minimum Gasteiger partial charge on any atom is -0.462 e. The number of nitrogen functional groups attached to an aromatic ring is 1. The van der Waals surface area contributed by atoms with Crippen LogP contribution in [0.5, 0.6) is 0 Å². The molecule has 0 bridgehead atoms. The predicted molar refractivity (Wildman–Crippen MR) is 71.2 cm³/mol. The number of anilines is 2. The van der Waals surface area contributed by atoms with E-state index in [0.717, 1.165) is 0 Å². The van der Waals surface area contributed by atoms with Crippen molar-refractivity contribution >= 4 is 34.0 Å². The third-order valence-electron chi connectivity index (χ3n) is 2.23. The first-order chi connectivity index (χ1) is 9.11. The van der Waals surface area contributed by atoms with E-state index < -0.39 is 11.9 Å². The summed E-state index contributed by atoms with van der Waals surface area (Å²) in [6.45, 7) is 2.00. The van der Waals surface area contributed by atoms with Gasteiger partial charge in [0.2, 0.25) is 0 Å². The summed E-state index contributed by atoms with van der Waals surface area (Å²) in [5.41, 5.74) is 5.96. The lowest BCUT2D eigenvalue weighted by molar-refractivity contribution is 0.0528. The van der Waals surface area contributed by atoms with E-state index >= 15 is 0 Å². The highest BCUT2D eigenvalue weighted by Crippen LogP contribution is 2.24. The number of aromatic amines is 1. The van der Waals surface area contributed by atoms with Gasteiger partial charge in [0.05, 0.1) is 12.2 Å². The monoisotopic (exact) mass is 280 g/mol. The molecule has 0 spiro atoms. The average molecular weight is 280 g/mol. The summed E-state index contributed by atoms with van der Waals surface area (Å²) in [5, 5.41) is 10.9. The third kappa shape index (κ3) is 2.91. The molecule has 2 rings (SSSR count). The van der Waals surface area contributed by atoms with E-state index in [4.69, 9.17) is 10.5 Å². The molecule has 0 fully saturated rings. The number of carbonyl (C=O) groups excluding carboxylic acids is 2. The number of carbonyl (C=O) groups is 2. The number of esters is 1. The molecule has 0 atom stereocenters. The zero-order valence-electron chi connectivity index (χ0n) is 10.1. The Balaban J connectivity index is 2.13. The molecule has 100 valence electrons. The quantitative estimate of drug-likeness (QED) is 0.735. The standard InChI is InChI=1S/C11H12N4O3S/c1-2-18-11(17)6-3-4-19-10(6)13-9(16)7-5-8(12)15-14-7/h3-5H,2H2,1H3,(H,13,16)(H3,12,14,15). The van der Waals surface area contributed by atoms with Crippen LogP contribution in [0.1, 0.15) is 27.8 Å². The molecular formula is C11H12N4O3S. The van der Waals surface area contributed by atoms with Gasteiger partial charge in [-0.05, 0) is 18.4 Å². The van der Waals surface area contributed by atoms with E-state index in [1.807, 2.05) is 0 Å². The fourth-order valence-electron chi connectivity index (χ4n) is 1.40. The number of nitrogens with zero attached hydrogens (tertiary/aromatic N) is 1. The molecule has 0 unspecified atom stereocenters. The second-order valence-corrected chi connectivity index (χ2v) is 4.46. The van der Waals surface area contributed by atoms with E-state index in [-0.39, 0.29) is 18.1 Å². The molecule has 0 aromatic carbocycles. The largest absolute Gasteiger partial charge is 0.462 e. The zero-order valence-corrected chi connectivity index (χ0v) is 10.9. The number of thiophene rings is 1. The average Bonchev–Trinajstić information content (AvgIpc) is 2.98. The van der Waals surface area contributed by atoms with Crippen LogP contribution in [-0.4, -0.2) is 28.7 Å². The summed E-state index contributed by atoms with van der Waals surface area (Å²) in [7, 11) is 0. The number of hydrogen-bond acceptors (Lipinski definition) is 6. The molecule has 7 nitrogen and oxygen atoms in total. The molecule has 2 heterocycles. The van der Waals surface area contributed by atoms with Crippen LogP contribution in [-0.2, 0) is 4.74 Å². The van der Waals surface area contributed by atoms with Crippen molar-refractivity contribution in [3.63, 3.8) is 0 Å². The predicted octanol–water partition coefficient (Wildman–Crippen LogP) is 1.48. The van der Waals surface area contributed by atoms with Crippen molar-refractivity contribution < 1.29 is 14.3 Å². The van der Waals surface area contributed by atoms with E-state index in [2.05, 4.69) is 15.5 Å². The fraction of sp³-hybridized carbons (Fsp3) is 0.182. The highest BCUT2D eigenvalue weighted by atomic mass is 32.1. The van der Waals surface area contributed by atoms with E-state index in [1.54, 1.807) is 18.4 Å². The highest BCUT2D eigenvalue weighted by molar-refractivity contribution is 7.14. The summed E-state index contributed by atoms with van der Waals surface area (Å²) in [5.74, 6) is -0.665. The van der Waals surface area contributed by atoms with Gasteiger partial charge in [0.15, 0.2) is 0 Å². The first-order valence-electron chi connectivity index (χ1n) is 5.48. The Labute approximate surface area is 112 Å². The van der Waals surface area contributed by atoms with Crippen molar-refractivity contribution in [2.45, 2.75) is 6.92 Å². The lowest BCUT2D eigenvalue weighted by atomic mass is 10.3. The summed E-state index contributed by atoms with van der Waals surface area (Å²) < 4.78 is 4.89. The van der Waals surface area contributed by atoms with Gasteiger partial charge in [-0.2, -0.15) is 5.10 Å². The molecule has 8 heteroatoms. The number of rotatable bonds is 4. The lowest BCUT2D eigenvalue weighted by Crippen LogP contribution is -2.14. The maximum absolute atomic E-state index is 11.9. The molecule has 0 radical (unpaired) electrons. The van der Waals surface area contributed by atoms with Crippen LogP contribution < -0.4 is 11.1 Å². The number of nitrogens with one attached hydrogen (secondary N) is 2. The second kappa shape index (κ2) is 5.53. The van der Waals surface area contributed by atoms with Gasteiger partial charge in [-0.1, -0.05) is 0 Å². The van der Waals surface area contributed by atoms with Gasteiger partial charge >= 0.3 is 5.97 Å². The maximum Gasteiger partial charge on any atom is 0.341 e. The second-order valence-electron chi connectivity index (χ2n) is 3.54. The lowest BCUT2D eigenvalue weighted by Gasteiger charge is -2.04. The normalized spacial score (nSPS) is 10.2. The Bertz CT molecular complexity index is 605. The molecular weight excluding hydrogens is 268 g/mol. The van der Waals surface area contributed by atoms with Crippen LogP contribution >= 0.6 is 11.3 Å². The number of ether oxygens (including phenoxy) is 1. The first kappa shape index (κ1) is 13.1. The Hall–Kier alpha value is -2.35. The minimum absolute atomic E-state index is 0.223. The van der Waals surface area contributed by atoms with Crippen molar-refractivity contribution in [1.82, 2.24) is 10.2 Å². The molecule has 0 saturated heterocycles. The molecule has 2 aromatic heterocycles. The van der Waals surface area contributed by atoms with Crippen LogP contribution in [0.25, 0.3) is 0 Å². The Kier molecular flexibility index (Phi) is 3.81. The molecule has 0 aliphatic rings. The number of hydrogen-bond donors (Lipinski definition) is 3. The number of nitrogens with two attached hydrogens (primary N) is 1. The van der Waals surface area contributed by atoms with E-state index in [0.29, 0.717) is 10.6 Å². The van der Waals surface area contributed by atoms with Crippen molar-refractivity contribution in [2.24, 2.45) is 0 Å². The van der Waals surface area contributed by atoms with Crippen molar-refractivity contribution in [2.75, 3.05) is 17.7 Å². The molecule has 0 saturated carbocycles. The summed E-state index contributed by atoms with van der Waals surface area (Å²) in [6, 6.07) is 3.01. The van der Waals surface area contributed by atoms with Crippen molar-refractivity contribution in [1.29, 1.82) is 0 Å². The molecule has 2 aromatic rings.